The zero-order chi connectivity index (χ0) is 21.8. The molecule has 0 bridgehead atoms. The van der Waals surface area contributed by atoms with Gasteiger partial charge in [0.15, 0.2) is 0 Å². The molecule has 0 saturated heterocycles. The zero-order valence-corrected chi connectivity index (χ0v) is 17.5. The van der Waals surface area contributed by atoms with E-state index >= 15 is 0 Å². The van der Waals surface area contributed by atoms with E-state index in [0.29, 0.717) is 36.7 Å². The third-order valence-electron chi connectivity index (χ3n) is 5.36. The van der Waals surface area contributed by atoms with E-state index in [0.717, 1.165) is 29.0 Å². The highest BCUT2D eigenvalue weighted by Gasteiger charge is 2.40. The molecule has 0 unspecified atom stereocenters. The lowest BCUT2D eigenvalue weighted by molar-refractivity contribution is 0.285. The van der Waals surface area contributed by atoms with Gasteiger partial charge in [-0.2, -0.15) is 10.2 Å². The molecule has 158 valence electrons. The van der Waals surface area contributed by atoms with E-state index in [1.165, 1.54) is 10.6 Å². The van der Waals surface area contributed by atoms with E-state index in [9.17, 15) is 4.79 Å². The Morgan fingerprint density at radius 1 is 1.23 bits per heavy atom. The fourth-order valence-electron chi connectivity index (χ4n) is 3.50. The van der Waals surface area contributed by atoms with Crippen LogP contribution in [0.3, 0.4) is 0 Å². The lowest BCUT2D eigenvalue weighted by Crippen LogP contribution is -2.18. The Kier molecular flexibility index (Phi) is 5.94. The third kappa shape index (κ3) is 4.72. The largest absolute Gasteiger partial charge is 0.495 e. The molecule has 0 amide bonds. The highest BCUT2D eigenvalue weighted by Crippen LogP contribution is 2.47. The number of ether oxygens (including phenoxy) is 2. The van der Waals surface area contributed by atoms with Gasteiger partial charge in [0, 0.05) is 48.1 Å². The van der Waals surface area contributed by atoms with Gasteiger partial charge in [0.2, 0.25) is 5.88 Å². The maximum Gasteiger partial charge on any atom is 0.250 e. The maximum atomic E-state index is 12.1. The summed E-state index contributed by atoms with van der Waals surface area (Å²) in [5.41, 5.74) is 2.38. The lowest BCUT2D eigenvalue weighted by atomic mass is 10.1. The van der Waals surface area contributed by atoms with Crippen LogP contribution in [-0.2, 0) is 6.54 Å². The number of pyridine rings is 2. The standard InChI is InChI=1S/C23H23N5O3/c1-15-25-12-20(16-4-7-22(29)28(13-16)9-3-8-24)23(27-15)31-14-17-10-19(17)21-6-5-18(30-2)11-26-21/h4-7,11-13,17,19H,3,9-10,14H2,1-2H3/t17-,19+/m1/s1. The second-order valence-corrected chi connectivity index (χ2v) is 7.53. The average Bonchev–Trinajstić information content (AvgIpc) is 3.57. The normalized spacial score (nSPS) is 17.1. The van der Waals surface area contributed by atoms with E-state index in [1.807, 2.05) is 19.1 Å². The summed E-state index contributed by atoms with van der Waals surface area (Å²) in [5.74, 6) is 2.58. The number of hydrogen-bond donors (Lipinski definition) is 0. The van der Waals surface area contributed by atoms with Gasteiger partial charge in [-0.25, -0.2) is 4.98 Å². The van der Waals surface area contributed by atoms with Crippen LogP contribution in [0.25, 0.3) is 11.1 Å². The van der Waals surface area contributed by atoms with Gasteiger partial charge in [-0.05, 0) is 31.5 Å². The van der Waals surface area contributed by atoms with Crippen LogP contribution in [0, 0.1) is 24.2 Å². The van der Waals surface area contributed by atoms with Crippen molar-refractivity contribution in [1.29, 1.82) is 5.26 Å². The van der Waals surface area contributed by atoms with Crippen molar-refractivity contribution >= 4 is 0 Å². The highest BCUT2D eigenvalue weighted by molar-refractivity contribution is 5.66. The second-order valence-electron chi connectivity index (χ2n) is 7.53. The molecular formula is C23H23N5O3. The molecule has 2 atom stereocenters. The fraction of sp³-hybridized carbons (Fsp3) is 0.348. The van der Waals surface area contributed by atoms with Crippen LogP contribution < -0.4 is 15.0 Å². The van der Waals surface area contributed by atoms with Crippen molar-refractivity contribution in [3.63, 3.8) is 0 Å². The van der Waals surface area contributed by atoms with Crippen molar-refractivity contribution in [2.45, 2.75) is 32.2 Å². The number of hydrogen-bond acceptors (Lipinski definition) is 7. The predicted molar refractivity (Wildman–Crippen MR) is 114 cm³/mol. The van der Waals surface area contributed by atoms with Crippen molar-refractivity contribution in [2.24, 2.45) is 5.92 Å². The summed E-state index contributed by atoms with van der Waals surface area (Å²) in [6.07, 6.45) is 6.44. The smallest absolute Gasteiger partial charge is 0.250 e. The summed E-state index contributed by atoms with van der Waals surface area (Å²) in [4.78, 5) is 25.3. The number of aryl methyl sites for hydroxylation is 2. The molecule has 3 aromatic heterocycles. The highest BCUT2D eigenvalue weighted by atomic mass is 16.5. The van der Waals surface area contributed by atoms with E-state index in [1.54, 1.807) is 31.8 Å². The molecule has 8 heteroatoms. The summed E-state index contributed by atoms with van der Waals surface area (Å²) in [5, 5.41) is 8.82. The van der Waals surface area contributed by atoms with E-state index in [2.05, 4.69) is 21.0 Å². The van der Waals surface area contributed by atoms with Crippen molar-refractivity contribution in [2.75, 3.05) is 13.7 Å². The van der Waals surface area contributed by atoms with Gasteiger partial charge in [-0.3, -0.25) is 9.78 Å². The molecule has 31 heavy (non-hydrogen) atoms. The topological polar surface area (TPSA) is 103 Å². The Morgan fingerprint density at radius 2 is 2.10 bits per heavy atom. The van der Waals surface area contributed by atoms with Crippen LogP contribution in [0.5, 0.6) is 11.6 Å². The summed E-state index contributed by atoms with van der Waals surface area (Å²) in [6.45, 7) is 2.67. The van der Waals surface area contributed by atoms with Gasteiger partial charge in [-0.1, -0.05) is 0 Å². The molecule has 0 aromatic carbocycles. The van der Waals surface area contributed by atoms with Crippen molar-refractivity contribution < 1.29 is 9.47 Å². The van der Waals surface area contributed by atoms with Crippen molar-refractivity contribution in [3.8, 4) is 28.8 Å². The molecule has 3 aromatic rings. The first-order valence-corrected chi connectivity index (χ1v) is 10.1. The summed E-state index contributed by atoms with van der Waals surface area (Å²) in [6, 6.07) is 9.20. The van der Waals surface area contributed by atoms with E-state index in [4.69, 9.17) is 14.7 Å². The molecule has 1 saturated carbocycles. The first-order valence-electron chi connectivity index (χ1n) is 10.1. The second kappa shape index (κ2) is 8.96. The SMILES string of the molecule is COc1ccc([C@H]2C[C@@H]2COc2nc(C)ncc2-c2ccc(=O)n(CCC#N)c2)nc1. The Balaban J connectivity index is 1.49. The molecule has 0 spiro atoms. The molecule has 1 aliphatic carbocycles. The Morgan fingerprint density at radius 3 is 2.84 bits per heavy atom. The minimum atomic E-state index is -0.151. The molecule has 8 nitrogen and oxygen atoms in total. The zero-order valence-electron chi connectivity index (χ0n) is 17.5. The van der Waals surface area contributed by atoms with Gasteiger partial charge in [0.25, 0.3) is 5.56 Å². The predicted octanol–water partition coefficient (Wildman–Crippen LogP) is 3.11. The maximum absolute atomic E-state index is 12.1. The quantitative estimate of drug-likeness (QED) is 0.555. The van der Waals surface area contributed by atoms with Crippen LogP contribution in [0.1, 0.15) is 30.3 Å². The number of nitrogens with zero attached hydrogens (tertiary/aromatic N) is 5. The van der Waals surface area contributed by atoms with Crippen LogP contribution in [-0.4, -0.2) is 33.2 Å². The monoisotopic (exact) mass is 417 g/mol. The van der Waals surface area contributed by atoms with Crippen LogP contribution in [0.2, 0.25) is 0 Å². The first kappa shape index (κ1) is 20.5. The van der Waals surface area contributed by atoms with Gasteiger partial charge >= 0.3 is 0 Å². The number of nitriles is 1. The van der Waals surface area contributed by atoms with Crippen molar-refractivity contribution in [3.05, 3.63) is 64.7 Å². The minimum absolute atomic E-state index is 0.151. The van der Waals surface area contributed by atoms with Crippen molar-refractivity contribution in [1.82, 2.24) is 19.5 Å². The minimum Gasteiger partial charge on any atom is -0.495 e. The molecule has 1 aliphatic rings. The molecular weight excluding hydrogens is 394 g/mol. The van der Waals surface area contributed by atoms with Crippen LogP contribution >= 0.6 is 0 Å². The molecule has 1 fully saturated rings. The van der Waals surface area contributed by atoms with Gasteiger partial charge in [-0.15, -0.1) is 0 Å². The summed E-state index contributed by atoms with van der Waals surface area (Å²) >= 11 is 0. The lowest BCUT2D eigenvalue weighted by Gasteiger charge is -2.12. The Hall–Kier alpha value is -3.73. The van der Waals surface area contributed by atoms with E-state index in [-0.39, 0.29) is 12.0 Å². The third-order valence-corrected chi connectivity index (χ3v) is 5.36. The molecule has 3 heterocycles. The average molecular weight is 417 g/mol. The summed E-state index contributed by atoms with van der Waals surface area (Å²) in [7, 11) is 1.63. The van der Waals surface area contributed by atoms with Crippen LogP contribution in [0.15, 0.2) is 47.7 Å². The summed E-state index contributed by atoms with van der Waals surface area (Å²) < 4.78 is 12.8. The van der Waals surface area contributed by atoms with Gasteiger partial charge < -0.3 is 14.0 Å². The molecule has 4 rings (SSSR count). The Labute approximate surface area is 180 Å². The number of aromatic nitrogens is 4. The number of rotatable bonds is 8. The van der Waals surface area contributed by atoms with Crippen LogP contribution in [0.4, 0.5) is 0 Å². The Bertz CT molecular complexity index is 1170. The molecule has 0 radical (unpaired) electrons. The van der Waals surface area contributed by atoms with E-state index < -0.39 is 0 Å². The molecule has 0 N–H and O–H groups in total. The van der Waals surface area contributed by atoms with Gasteiger partial charge in [0.05, 0.1) is 38.0 Å². The number of methoxy groups -OCH3 is 1. The van der Waals surface area contributed by atoms with Gasteiger partial charge in [0.1, 0.15) is 11.6 Å². The fourth-order valence-corrected chi connectivity index (χ4v) is 3.50. The first-order chi connectivity index (χ1) is 15.1. The molecule has 0 aliphatic heterocycles.